The summed E-state index contributed by atoms with van der Waals surface area (Å²) in [5.41, 5.74) is 0. The number of aromatic nitrogens is 2. The average Bonchev–Trinajstić information content (AvgIpc) is 2.50. The molecular weight excluding hydrogens is 278 g/mol. The van der Waals surface area contributed by atoms with Crippen LogP contribution in [0.1, 0.15) is 32.0 Å². The summed E-state index contributed by atoms with van der Waals surface area (Å²) in [6.45, 7) is 6.19. The van der Waals surface area contributed by atoms with Gasteiger partial charge in [-0.3, -0.25) is 4.79 Å². The fourth-order valence-electron chi connectivity index (χ4n) is 1.86. The van der Waals surface area contributed by atoms with E-state index in [-0.39, 0.29) is 5.91 Å². The Bertz CT molecular complexity index is 475. The Morgan fingerprint density at radius 2 is 1.91 bits per heavy atom. The average molecular weight is 307 g/mol. The van der Waals surface area contributed by atoms with Gasteiger partial charge in [-0.05, 0) is 26.6 Å². The van der Waals surface area contributed by atoms with Crippen molar-refractivity contribution in [3.63, 3.8) is 0 Å². The lowest BCUT2D eigenvalue weighted by atomic mass is 10.1. The zero-order valence-electron chi connectivity index (χ0n) is 14.7. The van der Waals surface area contributed by atoms with Gasteiger partial charge in [-0.1, -0.05) is 13.8 Å². The van der Waals surface area contributed by atoms with Gasteiger partial charge < -0.3 is 14.7 Å². The molecule has 124 valence electrons. The lowest BCUT2D eigenvalue weighted by Crippen LogP contribution is -2.40. The first-order chi connectivity index (χ1) is 10.3. The maximum atomic E-state index is 12.1. The minimum atomic E-state index is 0.0717. The van der Waals surface area contributed by atoms with Crippen LogP contribution in [-0.4, -0.2) is 73.5 Å². The van der Waals surface area contributed by atoms with Crippen LogP contribution in [0, 0.1) is 0 Å². The fourth-order valence-corrected chi connectivity index (χ4v) is 1.86. The van der Waals surface area contributed by atoms with Crippen molar-refractivity contribution in [2.45, 2.75) is 26.2 Å². The van der Waals surface area contributed by atoms with Crippen molar-refractivity contribution >= 4 is 11.7 Å². The number of rotatable bonds is 8. The van der Waals surface area contributed by atoms with Gasteiger partial charge in [-0.25, -0.2) is 9.97 Å². The Labute approximate surface area is 134 Å². The van der Waals surface area contributed by atoms with E-state index in [2.05, 4.69) is 28.7 Å². The van der Waals surface area contributed by atoms with Gasteiger partial charge >= 0.3 is 0 Å². The number of nitrogens with zero attached hydrogens (tertiary/aromatic N) is 5. The van der Waals surface area contributed by atoms with Crippen LogP contribution in [-0.2, 0) is 4.79 Å². The lowest BCUT2D eigenvalue weighted by Gasteiger charge is -2.26. The molecule has 0 fully saturated rings. The topological polar surface area (TPSA) is 52.6 Å². The third-order valence-corrected chi connectivity index (χ3v) is 3.68. The summed E-state index contributed by atoms with van der Waals surface area (Å²) in [5, 5.41) is 0. The number of amides is 1. The van der Waals surface area contributed by atoms with E-state index < -0.39 is 0 Å². The molecule has 1 aromatic rings. The molecule has 22 heavy (non-hydrogen) atoms. The van der Waals surface area contributed by atoms with E-state index in [0.717, 1.165) is 31.2 Å². The SMILES string of the molecule is CCC(C)c1nccc(N(CCN(C)C)CC(=O)N(C)C)n1. The minimum absolute atomic E-state index is 0.0717. The number of likely N-dealkylation sites (N-methyl/N-ethyl adjacent to an activating group) is 2. The molecule has 0 aliphatic carbocycles. The second-order valence-electron chi connectivity index (χ2n) is 6.10. The van der Waals surface area contributed by atoms with Crippen molar-refractivity contribution in [3.8, 4) is 0 Å². The number of carbonyl (C=O) groups is 1. The predicted molar refractivity (Wildman–Crippen MR) is 90.2 cm³/mol. The normalized spacial score (nSPS) is 12.3. The van der Waals surface area contributed by atoms with Gasteiger partial charge in [0.2, 0.25) is 5.91 Å². The van der Waals surface area contributed by atoms with Crippen molar-refractivity contribution < 1.29 is 4.79 Å². The quantitative estimate of drug-likeness (QED) is 0.727. The summed E-state index contributed by atoms with van der Waals surface area (Å²) in [7, 11) is 7.60. The highest BCUT2D eigenvalue weighted by molar-refractivity contribution is 5.80. The van der Waals surface area contributed by atoms with Gasteiger partial charge in [0.1, 0.15) is 11.6 Å². The zero-order chi connectivity index (χ0) is 16.7. The molecule has 1 amide bonds. The molecule has 6 heteroatoms. The first kappa shape index (κ1) is 18.4. The molecule has 0 radical (unpaired) electrons. The highest BCUT2D eigenvalue weighted by Gasteiger charge is 2.16. The Balaban J connectivity index is 2.96. The van der Waals surface area contributed by atoms with Crippen LogP contribution in [0.25, 0.3) is 0 Å². The van der Waals surface area contributed by atoms with Crippen LogP contribution >= 0.6 is 0 Å². The van der Waals surface area contributed by atoms with Crippen LogP contribution in [0.4, 0.5) is 5.82 Å². The van der Waals surface area contributed by atoms with Gasteiger partial charge in [0.05, 0.1) is 6.54 Å². The summed E-state index contributed by atoms with van der Waals surface area (Å²) in [6, 6.07) is 1.88. The van der Waals surface area contributed by atoms with E-state index in [9.17, 15) is 4.79 Å². The molecule has 1 unspecified atom stereocenters. The number of anilines is 1. The summed E-state index contributed by atoms with van der Waals surface area (Å²) in [4.78, 5) is 26.8. The van der Waals surface area contributed by atoms with Crippen LogP contribution in [0.3, 0.4) is 0 Å². The predicted octanol–water partition coefficient (Wildman–Crippen LogP) is 1.45. The molecule has 6 nitrogen and oxygen atoms in total. The van der Waals surface area contributed by atoms with Crippen molar-refractivity contribution in [2.24, 2.45) is 0 Å². The van der Waals surface area contributed by atoms with Gasteiger partial charge in [0.15, 0.2) is 0 Å². The molecule has 0 saturated heterocycles. The molecule has 0 aliphatic heterocycles. The van der Waals surface area contributed by atoms with Gasteiger partial charge in [0.25, 0.3) is 0 Å². The summed E-state index contributed by atoms with van der Waals surface area (Å²) in [5.74, 6) is 2.05. The number of carbonyl (C=O) groups excluding carboxylic acids is 1. The zero-order valence-corrected chi connectivity index (χ0v) is 14.7. The van der Waals surface area contributed by atoms with E-state index >= 15 is 0 Å². The van der Waals surface area contributed by atoms with Crippen LogP contribution in [0.2, 0.25) is 0 Å². The molecule has 0 aromatic carbocycles. The van der Waals surface area contributed by atoms with E-state index in [4.69, 9.17) is 0 Å². The second kappa shape index (κ2) is 8.68. The maximum absolute atomic E-state index is 12.1. The summed E-state index contributed by atoms with van der Waals surface area (Å²) >= 11 is 0. The van der Waals surface area contributed by atoms with Crippen molar-refractivity contribution in [3.05, 3.63) is 18.1 Å². The standard InChI is InChI=1S/C16H29N5O/c1-7-13(2)16-17-9-8-14(18-16)21(11-10-19(3)4)12-15(22)20(5)6/h8-9,13H,7,10-12H2,1-6H3. The first-order valence-corrected chi connectivity index (χ1v) is 7.77. The molecule has 1 heterocycles. The second-order valence-corrected chi connectivity index (χ2v) is 6.10. The Kier molecular flexibility index (Phi) is 7.24. The molecular formula is C16H29N5O. The number of hydrogen-bond acceptors (Lipinski definition) is 5. The van der Waals surface area contributed by atoms with E-state index in [1.165, 1.54) is 0 Å². The van der Waals surface area contributed by atoms with Crippen molar-refractivity contribution in [2.75, 3.05) is 52.7 Å². The van der Waals surface area contributed by atoms with E-state index in [1.54, 1.807) is 25.2 Å². The molecule has 0 N–H and O–H groups in total. The largest absolute Gasteiger partial charge is 0.347 e. The van der Waals surface area contributed by atoms with Crippen LogP contribution < -0.4 is 4.90 Å². The summed E-state index contributed by atoms with van der Waals surface area (Å²) in [6.07, 6.45) is 2.78. The van der Waals surface area contributed by atoms with Gasteiger partial charge in [-0.15, -0.1) is 0 Å². The highest BCUT2D eigenvalue weighted by atomic mass is 16.2. The molecule has 0 saturated carbocycles. The first-order valence-electron chi connectivity index (χ1n) is 7.77. The Morgan fingerprint density at radius 1 is 1.23 bits per heavy atom. The monoisotopic (exact) mass is 307 g/mol. The lowest BCUT2D eigenvalue weighted by molar-refractivity contribution is -0.127. The van der Waals surface area contributed by atoms with Crippen LogP contribution in [0.5, 0.6) is 0 Å². The fraction of sp³-hybridized carbons (Fsp3) is 0.688. The van der Waals surface area contributed by atoms with E-state index in [1.807, 2.05) is 25.1 Å². The molecule has 0 spiro atoms. The van der Waals surface area contributed by atoms with Crippen molar-refractivity contribution in [1.82, 2.24) is 19.8 Å². The van der Waals surface area contributed by atoms with E-state index in [0.29, 0.717) is 12.5 Å². The molecule has 1 aromatic heterocycles. The van der Waals surface area contributed by atoms with Crippen LogP contribution in [0.15, 0.2) is 12.3 Å². The minimum Gasteiger partial charge on any atom is -0.347 e. The smallest absolute Gasteiger partial charge is 0.241 e. The van der Waals surface area contributed by atoms with Gasteiger partial charge in [-0.2, -0.15) is 0 Å². The number of hydrogen-bond donors (Lipinski definition) is 0. The third-order valence-electron chi connectivity index (χ3n) is 3.68. The molecule has 0 bridgehead atoms. The molecule has 0 aliphatic rings. The maximum Gasteiger partial charge on any atom is 0.241 e. The highest BCUT2D eigenvalue weighted by Crippen LogP contribution is 2.17. The van der Waals surface area contributed by atoms with Gasteiger partial charge in [0, 0.05) is 39.3 Å². The Hall–Kier alpha value is -1.69. The Morgan fingerprint density at radius 3 is 2.45 bits per heavy atom. The molecule has 1 atom stereocenters. The summed E-state index contributed by atoms with van der Waals surface area (Å²) < 4.78 is 0. The van der Waals surface area contributed by atoms with Crippen molar-refractivity contribution in [1.29, 1.82) is 0 Å². The third kappa shape index (κ3) is 5.60. The molecule has 1 rings (SSSR count).